The average Bonchev–Trinajstić information content (AvgIpc) is 3.26. The van der Waals surface area contributed by atoms with Crippen LogP contribution in [0.5, 0.6) is 5.88 Å². The second-order valence-electron chi connectivity index (χ2n) is 6.38. The summed E-state index contributed by atoms with van der Waals surface area (Å²) in [6.07, 6.45) is 1.58. The molecule has 1 aromatic rings. The lowest BCUT2D eigenvalue weighted by molar-refractivity contribution is -0.235. The monoisotopic (exact) mass is 445 g/mol. The number of aryl methyl sites for hydroxylation is 1. The van der Waals surface area contributed by atoms with Gasteiger partial charge in [-0.15, -0.1) is 0 Å². The number of aromatic nitrogens is 2. The van der Waals surface area contributed by atoms with Gasteiger partial charge in [0, 0.05) is 13.0 Å². The zero-order valence-electron chi connectivity index (χ0n) is 14.8. The number of rotatable bonds is 3. The molecule has 3 heterocycles. The zero-order valence-corrected chi connectivity index (χ0v) is 15.6. The normalized spacial score (nSPS) is 20.3. The number of allylic oxidation sites excluding steroid dienone is 1. The molecule has 4 rings (SSSR count). The number of nitrogens with zero attached hydrogens (tertiary/aromatic N) is 3. The first-order valence-corrected chi connectivity index (χ1v) is 9.72. The van der Waals surface area contributed by atoms with Crippen molar-refractivity contribution in [2.75, 3.05) is 6.61 Å². The van der Waals surface area contributed by atoms with Crippen molar-refractivity contribution >= 4 is 16.1 Å². The molecule has 0 aromatic carbocycles. The van der Waals surface area contributed by atoms with Gasteiger partial charge in [0.1, 0.15) is 0 Å². The summed E-state index contributed by atoms with van der Waals surface area (Å²) in [5.74, 6) is -8.00. The van der Waals surface area contributed by atoms with Gasteiger partial charge in [-0.1, -0.05) is 0 Å². The van der Waals surface area contributed by atoms with Crippen molar-refractivity contribution in [3.05, 3.63) is 40.5 Å². The highest BCUT2D eigenvalue weighted by Gasteiger charge is 2.56. The summed E-state index contributed by atoms with van der Waals surface area (Å²) >= 11 is 0. The van der Waals surface area contributed by atoms with Gasteiger partial charge in [0.05, 0.1) is 23.9 Å². The molecule has 0 saturated heterocycles. The molecule has 1 aliphatic carbocycles. The number of urea groups is 1. The Kier molecular flexibility index (Phi) is 4.05. The molecule has 0 fully saturated rings. The van der Waals surface area contributed by atoms with Crippen LogP contribution in [0.4, 0.5) is 4.79 Å². The highest BCUT2D eigenvalue weighted by atomic mass is 32.2. The summed E-state index contributed by atoms with van der Waals surface area (Å²) in [4.78, 5) is 11.7. The predicted octanol–water partition coefficient (Wildman–Crippen LogP) is -1.55. The van der Waals surface area contributed by atoms with Gasteiger partial charge in [-0.3, -0.25) is 0 Å². The molecule has 0 spiro atoms. The topological polar surface area (TPSA) is 227 Å². The number of carbonyl (C=O) groups is 1. The van der Waals surface area contributed by atoms with Gasteiger partial charge in [0.15, 0.2) is 16.4 Å². The van der Waals surface area contributed by atoms with Crippen LogP contribution in [0.25, 0.3) is 0 Å². The molecule has 8 N–H and O–H groups in total. The third kappa shape index (κ3) is 2.61. The zero-order chi connectivity index (χ0) is 22.0. The summed E-state index contributed by atoms with van der Waals surface area (Å²) in [5.41, 5.74) is -0.0442. The van der Waals surface area contributed by atoms with Crippen LogP contribution in [0.2, 0.25) is 0 Å². The van der Waals surface area contributed by atoms with Crippen molar-refractivity contribution in [2.45, 2.75) is 23.8 Å². The van der Waals surface area contributed by atoms with E-state index >= 15 is 0 Å². The Hall–Kier alpha value is -3.63. The molecule has 15 nitrogen and oxygen atoms in total. The Morgan fingerprint density at radius 3 is 2.53 bits per heavy atom. The lowest BCUT2D eigenvalue weighted by atomic mass is 10.1. The van der Waals surface area contributed by atoms with E-state index in [1.54, 1.807) is 10.1 Å². The maximum absolute atomic E-state index is 12.5. The van der Waals surface area contributed by atoms with Crippen LogP contribution in [-0.4, -0.2) is 72.4 Å². The number of aliphatic hydroxyl groups excluding tert-OH is 4. The second-order valence-corrected chi connectivity index (χ2v) is 8.03. The fourth-order valence-corrected chi connectivity index (χ4v) is 4.14. The molecule has 0 unspecified atom stereocenters. The number of hydrogen-bond donors (Lipinski definition) is 8. The van der Waals surface area contributed by atoms with E-state index in [0.717, 1.165) is 6.20 Å². The summed E-state index contributed by atoms with van der Waals surface area (Å²) in [7, 11) is -4.52. The first kappa shape index (κ1) is 19.7. The van der Waals surface area contributed by atoms with Crippen LogP contribution >= 0.6 is 0 Å². The first-order valence-electron chi connectivity index (χ1n) is 8.24. The minimum absolute atomic E-state index is 0.0363. The minimum Gasteiger partial charge on any atom is -0.504 e. The number of hydrogen-bond acceptors (Lipinski definition) is 12. The number of aliphatic hydroxyl groups is 6. The van der Waals surface area contributed by atoms with Crippen LogP contribution in [0.3, 0.4) is 0 Å². The molecule has 0 atom stereocenters. The number of nitrogens with one attached hydrogen (secondary N) is 2. The molecule has 0 saturated carbocycles. The SMILES string of the molecule is O=C(NN1C(O)=C2C(O)=C(O)C(O)=C2C1(O)O)NS(=O)(=O)c1cnn2c1OCCC2. The molecule has 0 radical (unpaired) electrons. The van der Waals surface area contributed by atoms with E-state index in [0.29, 0.717) is 13.0 Å². The van der Waals surface area contributed by atoms with Crippen molar-refractivity contribution in [3.63, 3.8) is 0 Å². The third-order valence-corrected chi connectivity index (χ3v) is 5.81. The molecule has 3 aliphatic rings. The molecule has 16 heteroatoms. The lowest BCUT2D eigenvalue weighted by Crippen LogP contribution is -2.57. The van der Waals surface area contributed by atoms with Crippen molar-refractivity contribution < 1.29 is 48.6 Å². The Morgan fingerprint density at radius 1 is 1.17 bits per heavy atom. The second kappa shape index (κ2) is 6.18. The lowest BCUT2D eigenvalue weighted by Gasteiger charge is -2.30. The standard InChI is InChI=1S/C14H15N5O10S/c20-8-6-7(9(21)10(8)22)14(25,26)19(11(6)23)16-13(24)17-30(27,28)5-4-15-18-2-1-3-29-12(5)18/h4,20-23,25-26H,1-3H2,(H2,16,17,24). The van der Waals surface area contributed by atoms with Gasteiger partial charge in [0.2, 0.25) is 17.5 Å². The van der Waals surface area contributed by atoms with Gasteiger partial charge >= 0.3 is 11.9 Å². The van der Waals surface area contributed by atoms with Gasteiger partial charge in [-0.05, 0) is 0 Å². The van der Waals surface area contributed by atoms with E-state index in [-0.39, 0.29) is 17.5 Å². The van der Waals surface area contributed by atoms with Gasteiger partial charge in [-0.2, -0.15) is 10.1 Å². The molecule has 0 bridgehead atoms. The predicted molar refractivity (Wildman–Crippen MR) is 91.8 cm³/mol. The number of amides is 2. The molecular formula is C14H15N5O10S. The highest BCUT2D eigenvalue weighted by molar-refractivity contribution is 7.90. The van der Waals surface area contributed by atoms with E-state index in [9.17, 15) is 43.9 Å². The first-order chi connectivity index (χ1) is 14.0. The number of ether oxygens (including phenoxy) is 1. The van der Waals surface area contributed by atoms with E-state index < -0.39 is 61.2 Å². The minimum atomic E-state index is -4.52. The number of hydrazine groups is 1. The quantitative estimate of drug-likeness (QED) is 0.247. The third-order valence-electron chi connectivity index (χ3n) is 4.50. The molecule has 30 heavy (non-hydrogen) atoms. The fourth-order valence-electron chi connectivity index (χ4n) is 3.16. The summed E-state index contributed by atoms with van der Waals surface area (Å²) in [6.45, 7) is 0.655. The number of sulfonamides is 1. The number of fused-ring (bicyclic) bond motifs is 2. The average molecular weight is 445 g/mol. The van der Waals surface area contributed by atoms with Crippen molar-refractivity contribution in [1.82, 2.24) is 24.9 Å². The van der Waals surface area contributed by atoms with Crippen LogP contribution in [0.1, 0.15) is 6.42 Å². The fraction of sp³-hybridized carbons (Fsp3) is 0.286. The smallest absolute Gasteiger partial charge is 0.347 e. The molecular weight excluding hydrogens is 430 g/mol. The Bertz CT molecular complexity index is 1160. The Morgan fingerprint density at radius 2 is 1.87 bits per heavy atom. The Balaban J connectivity index is 1.58. The van der Waals surface area contributed by atoms with E-state index in [4.69, 9.17) is 4.74 Å². The van der Waals surface area contributed by atoms with Gasteiger partial charge in [-0.25, -0.2) is 28.0 Å². The Labute approximate surface area is 167 Å². The number of carbonyl (C=O) groups excluding carboxylic acids is 1. The molecule has 2 amide bonds. The van der Waals surface area contributed by atoms with E-state index in [1.807, 2.05) is 0 Å². The van der Waals surface area contributed by atoms with Crippen molar-refractivity contribution in [2.24, 2.45) is 0 Å². The van der Waals surface area contributed by atoms with E-state index in [1.165, 1.54) is 4.68 Å². The van der Waals surface area contributed by atoms with Gasteiger partial charge in [0.25, 0.3) is 10.0 Å². The summed E-state index contributed by atoms with van der Waals surface area (Å²) in [6, 6.07) is -1.54. The van der Waals surface area contributed by atoms with E-state index in [2.05, 4.69) is 5.10 Å². The van der Waals surface area contributed by atoms with Crippen LogP contribution in [0, 0.1) is 0 Å². The van der Waals surface area contributed by atoms with Gasteiger partial charge < -0.3 is 35.4 Å². The summed E-state index contributed by atoms with van der Waals surface area (Å²) < 4.78 is 33.1. The van der Waals surface area contributed by atoms with Crippen LogP contribution in [0.15, 0.2) is 45.4 Å². The largest absolute Gasteiger partial charge is 0.504 e. The van der Waals surface area contributed by atoms with Crippen LogP contribution in [-0.2, 0) is 16.6 Å². The summed E-state index contributed by atoms with van der Waals surface area (Å²) in [5, 5.41) is 63.2. The van der Waals surface area contributed by atoms with Crippen molar-refractivity contribution in [3.8, 4) is 5.88 Å². The maximum atomic E-state index is 12.5. The highest BCUT2D eigenvalue weighted by Crippen LogP contribution is 2.46. The molecule has 162 valence electrons. The van der Waals surface area contributed by atoms with Crippen molar-refractivity contribution in [1.29, 1.82) is 0 Å². The van der Waals surface area contributed by atoms with Crippen LogP contribution < -0.4 is 14.9 Å². The molecule has 2 aliphatic heterocycles. The molecule has 1 aromatic heterocycles. The maximum Gasteiger partial charge on any atom is 0.347 e.